The van der Waals surface area contributed by atoms with E-state index in [1.807, 2.05) is 37.5 Å². The summed E-state index contributed by atoms with van der Waals surface area (Å²) in [4.78, 5) is 27.4. The molecule has 3 aromatic rings. The number of rotatable bonds is 5. The topological polar surface area (TPSA) is 63.6 Å². The van der Waals surface area contributed by atoms with Crippen molar-refractivity contribution >= 4 is 64.1 Å². The van der Waals surface area contributed by atoms with Crippen LogP contribution in [0.4, 0.5) is 5.69 Å². The van der Waals surface area contributed by atoms with E-state index in [2.05, 4.69) is 5.32 Å². The summed E-state index contributed by atoms with van der Waals surface area (Å²) in [6.45, 7) is 6.19. The molecule has 1 fully saturated rings. The zero-order chi connectivity index (χ0) is 24.6. The maximum absolute atomic E-state index is 13.4. The number of carbonyl (C=O) groups excluding carboxylic acids is 2. The van der Waals surface area contributed by atoms with Crippen LogP contribution in [0.2, 0.25) is 10.0 Å². The van der Waals surface area contributed by atoms with Crippen LogP contribution >= 0.6 is 35.4 Å². The minimum absolute atomic E-state index is 0.0158. The second-order valence-corrected chi connectivity index (χ2v) is 8.85. The molecule has 1 aliphatic heterocycles. The van der Waals surface area contributed by atoms with Crippen LogP contribution in [0.25, 0.3) is 11.8 Å². The van der Waals surface area contributed by atoms with Gasteiger partial charge in [0.25, 0.3) is 11.8 Å². The maximum atomic E-state index is 13.4. The van der Waals surface area contributed by atoms with Gasteiger partial charge in [-0.25, -0.2) is 0 Å². The molecule has 1 saturated heterocycles. The molecule has 0 bridgehead atoms. The molecule has 0 radical (unpaired) electrons. The number of hydrogen-bond acceptors (Lipinski definition) is 4. The van der Waals surface area contributed by atoms with E-state index in [9.17, 15) is 9.59 Å². The lowest BCUT2D eigenvalue weighted by atomic mass is 10.1. The van der Waals surface area contributed by atoms with E-state index in [4.69, 9.17) is 40.2 Å². The molecule has 174 valence electrons. The standard InChI is InChI=1S/C25H21Cl2N3O3S/c1-4-33-19-7-5-6-17(12-19)30-24(32)20(23(31)28-25(30)34)11-16-10-14(2)29(15(16)3)18-8-9-21(26)22(27)13-18/h5-13H,4H2,1-3H3,(H,28,31,34)/b20-11-. The minimum Gasteiger partial charge on any atom is -0.494 e. The first-order chi connectivity index (χ1) is 16.2. The Labute approximate surface area is 212 Å². The monoisotopic (exact) mass is 513 g/mol. The molecule has 0 unspecified atom stereocenters. The van der Waals surface area contributed by atoms with E-state index < -0.39 is 11.8 Å². The fraction of sp³-hybridized carbons (Fsp3) is 0.160. The van der Waals surface area contributed by atoms with E-state index in [1.54, 1.807) is 42.5 Å². The van der Waals surface area contributed by atoms with Gasteiger partial charge in [-0.1, -0.05) is 29.3 Å². The highest BCUT2D eigenvalue weighted by Crippen LogP contribution is 2.30. The highest BCUT2D eigenvalue weighted by Gasteiger charge is 2.35. The van der Waals surface area contributed by atoms with E-state index in [0.717, 1.165) is 22.6 Å². The van der Waals surface area contributed by atoms with Gasteiger partial charge in [-0.2, -0.15) is 0 Å². The summed E-state index contributed by atoms with van der Waals surface area (Å²) in [5.41, 5.74) is 3.77. The van der Waals surface area contributed by atoms with Crippen LogP contribution < -0.4 is 15.0 Å². The number of hydrogen-bond donors (Lipinski definition) is 1. The number of thiocarbonyl (C=S) groups is 1. The van der Waals surface area contributed by atoms with Gasteiger partial charge in [0.15, 0.2) is 5.11 Å². The number of amides is 2. The number of anilines is 1. The number of ether oxygens (including phenoxy) is 1. The third-order valence-electron chi connectivity index (χ3n) is 5.42. The maximum Gasteiger partial charge on any atom is 0.270 e. The van der Waals surface area contributed by atoms with Gasteiger partial charge in [0.2, 0.25) is 0 Å². The average molecular weight is 514 g/mol. The van der Waals surface area contributed by atoms with Crippen molar-refractivity contribution in [1.29, 1.82) is 0 Å². The van der Waals surface area contributed by atoms with Gasteiger partial charge < -0.3 is 9.30 Å². The summed E-state index contributed by atoms with van der Waals surface area (Å²) in [7, 11) is 0. The summed E-state index contributed by atoms with van der Waals surface area (Å²) >= 11 is 17.6. The Hall–Kier alpha value is -3.13. The van der Waals surface area contributed by atoms with Gasteiger partial charge in [-0.3, -0.25) is 19.8 Å². The van der Waals surface area contributed by atoms with Gasteiger partial charge in [0.05, 0.1) is 22.3 Å². The van der Waals surface area contributed by atoms with E-state index in [0.29, 0.717) is 28.1 Å². The molecule has 0 aliphatic carbocycles. The Morgan fingerprint density at radius 3 is 2.50 bits per heavy atom. The van der Waals surface area contributed by atoms with E-state index in [-0.39, 0.29) is 10.7 Å². The molecule has 2 heterocycles. The molecule has 1 aliphatic rings. The highest BCUT2D eigenvalue weighted by atomic mass is 35.5. The molecule has 1 N–H and O–H groups in total. The lowest BCUT2D eigenvalue weighted by Crippen LogP contribution is -2.54. The zero-order valence-electron chi connectivity index (χ0n) is 18.7. The molecule has 0 atom stereocenters. The first-order valence-electron chi connectivity index (χ1n) is 10.5. The summed E-state index contributed by atoms with van der Waals surface area (Å²) < 4.78 is 7.52. The van der Waals surface area contributed by atoms with Crippen molar-refractivity contribution in [3.63, 3.8) is 0 Å². The average Bonchev–Trinajstić information content (AvgIpc) is 3.06. The Morgan fingerprint density at radius 1 is 1.03 bits per heavy atom. The molecule has 2 aromatic carbocycles. The van der Waals surface area contributed by atoms with Crippen LogP contribution in [0.15, 0.2) is 54.1 Å². The predicted octanol–water partition coefficient (Wildman–Crippen LogP) is 5.63. The second kappa shape index (κ2) is 9.62. The molecular formula is C25H21Cl2N3O3S. The SMILES string of the molecule is CCOc1cccc(N2C(=O)/C(=C\c3cc(C)n(-c4ccc(Cl)c(Cl)c4)c3C)C(=O)NC2=S)c1. The number of nitrogens with one attached hydrogen (secondary N) is 1. The van der Waals surface area contributed by atoms with E-state index >= 15 is 0 Å². The van der Waals surface area contributed by atoms with Crippen LogP contribution in [0.5, 0.6) is 5.75 Å². The van der Waals surface area contributed by atoms with Gasteiger partial charge in [0.1, 0.15) is 11.3 Å². The molecule has 34 heavy (non-hydrogen) atoms. The fourth-order valence-corrected chi connectivity index (χ4v) is 4.46. The van der Waals surface area contributed by atoms with Crippen molar-refractivity contribution < 1.29 is 14.3 Å². The van der Waals surface area contributed by atoms with Crippen LogP contribution in [-0.4, -0.2) is 28.1 Å². The largest absolute Gasteiger partial charge is 0.494 e. The Kier molecular flexibility index (Phi) is 6.79. The summed E-state index contributed by atoms with van der Waals surface area (Å²) in [5, 5.41) is 3.53. The van der Waals surface area contributed by atoms with Crippen molar-refractivity contribution in [1.82, 2.24) is 9.88 Å². The first kappa shape index (κ1) is 24.0. The Bertz CT molecular complexity index is 1360. The molecule has 2 amide bonds. The van der Waals surface area contributed by atoms with Crippen molar-refractivity contribution in [2.75, 3.05) is 11.5 Å². The quantitative estimate of drug-likeness (QED) is 0.272. The van der Waals surface area contributed by atoms with Gasteiger partial charge >= 0.3 is 0 Å². The number of nitrogens with zero attached hydrogens (tertiary/aromatic N) is 2. The van der Waals surface area contributed by atoms with E-state index in [1.165, 1.54) is 4.90 Å². The van der Waals surface area contributed by atoms with Crippen LogP contribution in [0.1, 0.15) is 23.9 Å². The Morgan fingerprint density at radius 2 is 1.79 bits per heavy atom. The molecule has 0 spiro atoms. The summed E-state index contributed by atoms with van der Waals surface area (Å²) in [6.07, 6.45) is 1.58. The third kappa shape index (κ3) is 4.46. The summed E-state index contributed by atoms with van der Waals surface area (Å²) in [6, 6.07) is 14.2. The van der Waals surface area contributed by atoms with Gasteiger partial charge in [-0.05, 0) is 81.0 Å². The number of aryl methyl sites for hydroxylation is 1. The van der Waals surface area contributed by atoms with Crippen LogP contribution in [-0.2, 0) is 9.59 Å². The highest BCUT2D eigenvalue weighted by molar-refractivity contribution is 7.80. The van der Waals surface area contributed by atoms with Gasteiger partial charge in [-0.15, -0.1) is 0 Å². The number of benzene rings is 2. The molecule has 6 nitrogen and oxygen atoms in total. The van der Waals surface area contributed by atoms with Crippen LogP contribution in [0, 0.1) is 13.8 Å². The number of aromatic nitrogens is 1. The zero-order valence-corrected chi connectivity index (χ0v) is 21.0. The number of carbonyl (C=O) groups is 2. The number of halogens is 2. The molecular weight excluding hydrogens is 493 g/mol. The lowest BCUT2D eigenvalue weighted by molar-refractivity contribution is -0.122. The smallest absolute Gasteiger partial charge is 0.270 e. The first-order valence-corrected chi connectivity index (χ1v) is 11.7. The molecule has 4 rings (SSSR count). The van der Waals surface area contributed by atoms with Crippen LogP contribution in [0.3, 0.4) is 0 Å². The van der Waals surface area contributed by atoms with Gasteiger partial charge in [0, 0.05) is 23.1 Å². The second-order valence-electron chi connectivity index (χ2n) is 7.65. The fourth-order valence-electron chi connectivity index (χ4n) is 3.88. The molecule has 1 aromatic heterocycles. The van der Waals surface area contributed by atoms with Crippen molar-refractivity contribution in [2.45, 2.75) is 20.8 Å². The predicted molar refractivity (Wildman–Crippen MR) is 139 cm³/mol. The normalized spacial score (nSPS) is 15.1. The van der Waals surface area contributed by atoms with Crippen molar-refractivity contribution in [2.24, 2.45) is 0 Å². The third-order valence-corrected chi connectivity index (χ3v) is 6.44. The minimum atomic E-state index is -0.549. The van der Waals surface area contributed by atoms with Crippen molar-refractivity contribution in [3.05, 3.63) is 81.1 Å². The molecule has 9 heteroatoms. The Balaban J connectivity index is 1.74. The lowest BCUT2D eigenvalue weighted by Gasteiger charge is -2.29. The summed E-state index contributed by atoms with van der Waals surface area (Å²) in [5.74, 6) is -0.462. The van der Waals surface area contributed by atoms with Crippen molar-refractivity contribution in [3.8, 4) is 11.4 Å². The molecule has 0 saturated carbocycles.